The van der Waals surface area contributed by atoms with Gasteiger partial charge in [0.2, 0.25) is 21.8 Å². The Morgan fingerprint density at radius 3 is 2.36 bits per heavy atom. The van der Waals surface area contributed by atoms with Crippen molar-refractivity contribution in [2.45, 2.75) is 140 Å². The van der Waals surface area contributed by atoms with Crippen LogP contribution >= 0.6 is 0 Å². The van der Waals surface area contributed by atoms with Crippen molar-refractivity contribution in [2.75, 3.05) is 6.54 Å². The largest absolute Gasteiger partial charge is 0.491 e. The first-order valence-electron chi connectivity index (χ1n) is 22.3. The van der Waals surface area contributed by atoms with Gasteiger partial charge in [-0.1, -0.05) is 26.0 Å². The van der Waals surface area contributed by atoms with Gasteiger partial charge in [-0.25, -0.2) is 22.9 Å². The molecule has 1 aromatic carbocycles. The van der Waals surface area contributed by atoms with Gasteiger partial charge >= 0.3 is 12.3 Å². The molecule has 2 aliphatic heterocycles. The fraction of sp³-hybridized carbons (Fsp3) is 0.565. The van der Waals surface area contributed by atoms with Crippen LogP contribution in [-0.4, -0.2) is 115 Å². The van der Waals surface area contributed by atoms with E-state index in [1.807, 2.05) is 39.0 Å². The van der Waals surface area contributed by atoms with Crippen molar-refractivity contribution in [3.8, 4) is 28.6 Å². The van der Waals surface area contributed by atoms with Crippen LogP contribution in [0.3, 0.4) is 0 Å². The van der Waals surface area contributed by atoms with Gasteiger partial charge in [0.25, 0.3) is 5.91 Å². The summed E-state index contributed by atoms with van der Waals surface area (Å²) in [5.41, 5.74) is -3.66. The van der Waals surface area contributed by atoms with Crippen molar-refractivity contribution < 1.29 is 55.3 Å². The fourth-order valence-electron chi connectivity index (χ4n) is 8.98. The summed E-state index contributed by atoms with van der Waals surface area (Å²) in [6, 6.07) is 8.72. The highest BCUT2D eigenvalue weighted by Crippen LogP contribution is 2.48. The molecular formula is C46H58F3N7O9S. The van der Waals surface area contributed by atoms with Crippen molar-refractivity contribution in [2.24, 2.45) is 17.8 Å². The molecule has 0 bridgehead atoms. The molecule has 16 nitrogen and oxygen atoms in total. The third kappa shape index (κ3) is 9.74. The van der Waals surface area contributed by atoms with Crippen LogP contribution in [0.4, 0.5) is 18.0 Å². The minimum absolute atomic E-state index is 0.0379. The van der Waals surface area contributed by atoms with E-state index in [9.17, 15) is 41.1 Å². The predicted octanol–water partition coefficient (Wildman–Crippen LogP) is 6.65. The second kappa shape index (κ2) is 17.9. The van der Waals surface area contributed by atoms with Gasteiger partial charge in [-0.15, -0.1) is 0 Å². The molecule has 20 heteroatoms. The monoisotopic (exact) mass is 941 g/mol. The van der Waals surface area contributed by atoms with Crippen LogP contribution in [0.15, 0.2) is 67.0 Å². The molecule has 4 aliphatic rings. The van der Waals surface area contributed by atoms with E-state index in [-0.39, 0.29) is 48.5 Å². The standard InChI is InChI=1S/C46H58F3N7O9S/c1-27(2)64-32-15-13-30(14-16-32)35-22-33(24-37(51-35)55-20-10-19-50-55)65-34-23-36-39(57)52-45(41(59)53-66(62,63)44(7)17-18-44)25-31(45)12-9-8-11-28(3)21-29(4)38(40(58)54(36)26-34)56(42(60)61)43(5,6)46(47,48)49/h9-10,12-16,19-20,22,24,27-29,31,34,36,38H,8,11,17-18,21,23,25-26H2,1-7H3,(H,52,57)(H,53,59)(H,60,61)/b12-9-/t28-,29+,31+,34+,36-,38-,45+/m0/s1. The summed E-state index contributed by atoms with van der Waals surface area (Å²) in [6.45, 7) is 9.72. The van der Waals surface area contributed by atoms with Crippen LogP contribution in [0.2, 0.25) is 0 Å². The number of halogens is 3. The number of carbonyl (C=O) groups excluding carboxylic acids is 3. The quantitative estimate of drug-likeness (QED) is 0.174. The number of benzene rings is 1. The molecule has 7 rings (SSSR count). The molecule has 4 heterocycles. The zero-order chi connectivity index (χ0) is 48.1. The Labute approximate surface area is 382 Å². The lowest BCUT2D eigenvalue weighted by Crippen LogP contribution is -2.66. The summed E-state index contributed by atoms with van der Waals surface area (Å²) >= 11 is 0. The van der Waals surface area contributed by atoms with Gasteiger partial charge in [-0.05, 0) is 115 Å². The molecule has 0 radical (unpaired) electrons. The second-order valence-electron chi connectivity index (χ2n) is 19.3. The summed E-state index contributed by atoms with van der Waals surface area (Å²) in [5, 5.41) is 17.7. The molecule has 66 heavy (non-hydrogen) atoms. The van der Waals surface area contributed by atoms with Crippen LogP contribution in [-0.2, 0) is 24.4 Å². The number of fused-ring (bicyclic) bond motifs is 2. The zero-order valence-electron chi connectivity index (χ0n) is 38.0. The molecule has 3 aromatic rings. The number of nitrogens with one attached hydrogen (secondary N) is 2. The average Bonchev–Trinajstić information content (AvgIpc) is 3.98. The van der Waals surface area contributed by atoms with Crippen molar-refractivity contribution in [1.29, 1.82) is 0 Å². The lowest BCUT2D eigenvalue weighted by molar-refractivity contribution is -0.222. The Bertz CT molecular complexity index is 2460. The highest BCUT2D eigenvalue weighted by molar-refractivity contribution is 7.91. The molecule has 2 saturated carbocycles. The molecule has 3 N–H and O–H groups in total. The summed E-state index contributed by atoms with van der Waals surface area (Å²) in [7, 11) is -4.14. The first-order chi connectivity index (χ1) is 30.9. The number of allylic oxidation sites excluding steroid dienone is 1. The van der Waals surface area contributed by atoms with Gasteiger partial charge < -0.3 is 24.8 Å². The van der Waals surface area contributed by atoms with Crippen molar-refractivity contribution in [3.05, 3.63) is 67.0 Å². The number of sulfonamides is 1. The van der Waals surface area contributed by atoms with E-state index in [4.69, 9.17) is 14.5 Å². The number of carbonyl (C=O) groups is 4. The lowest BCUT2D eigenvalue weighted by Gasteiger charge is -2.45. The van der Waals surface area contributed by atoms with E-state index >= 15 is 4.79 Å². The summed E-state index contributed by atoms with van der Waals surface area (Å²) in [6.07, 6.45) is 0.207. The molecular weight excluding hydrogens is 884 g/mol. The smallest absolute Gasteiger partial charge is 0.411 e. The van der Waals surface area contributed by atoms with Crippen LogP contribution in [0.1, 0.15) is 93.4 Å². The maximum absolute atomic E-state index is 15.2. The van der Waals surface area contributed by atoms with Gasteiger partial charge in [-0.3, -0.25) is 24.0 Å². The minimum Gasteiger partial charge on any atom is -0.491 e. The van der Waals surface area contributed by atoms with Crippen LogP contribution in [0.25, 0.3) is 17.1 Å². The Morgan fingerprint density at radius 2 is 1.76 bits per heavy atom. The van der Waals surface area contributed by atoms with Crippen molar-refractivity contribution in [3.63, 3.8) is 0 Å². The Morgan fingerprint density at radius 1 is 1.06 bits per heavy atom. The number of nitrogens with zero attached hydrogens (tertiary/aromatic N) is 5. The number of aromatic nitrogens is 3. The topological polar surface area (TPSA) is 202 Å². The number of alkyl halides is 3. The summed E-state index contributed by atoms with van der Waals surface area (Å²) < 4.78 is 86.1. The van der Waals surface area contributed by atoms with Gasteiger partial charge in [0.15, 0.2) is 5.82 Å². The van der Waals surface area contributed by atoms with Gasteiger partial charge in [-0.2, -0.15) is 18.3 Å². The molecule has 7 atom stereocenters. The Hall–Kier alpha value is -5.66. The Balaban J connectivity index is 1.29. The van der Waals surface area contributed by atoms with E-state index in [1.54, 1.807) is 48.8 Å². The molecule has 2 aromatic heterocycles. The van der Waals surface area contributed by atoms with Crippen LogP contribution < -0.4 is 19.5 Å². The third-order valence-corrected chi connectivity index (χ3v) is 15.5. The van der Waals surface area contributed by atoms with Gasteiger partial charge in [0, 0.05) is 42.4 Å². The molecule has 3 fully saturated rings. The summed E-state index contributed by atoms with van der Waals surface area (Å²) in [4.78, 5) is 63.1. The van der Waals surface area contributed by atoms with Crippen LogP contribution in [0, 0.1) is 17.8 Å². The van der Waals surface area contributed by atoms with E-state index in [2.05, 4.69) is 15.1 Å². The molecule has 358 valence electrons. The van der Waals surface area contributed by atoms with E-state index in [1.165, 1.54) is 18.5 Å². The number of carboxylic acid groups (broad SMARTS) is 1. The molecule has 2 aliphatic carbocycles. The highest BCUT2D eigenvalue weighted by atomic mass is 32.2. The normalized spacial score (nSPS) is 27.3. The summed E-state index contributed by atoms with van der Waals surface area (Å²) in [5.74, 6) is -3.47. The maximum atomic E-state index is 15.2. The van der Waals surface area contributed by atoms with E-state index < -0.39 is 85.9 Å². The molecule has 1 saturated heterocycles. The fourth-order valence-corrected chi connectivity index (χ4v) is 10.3. The van der Waals surface area contributed by atoms with Crippen molar-refractivity contribution in [1.82, 2.24) is 34.6 Å². The second-order valence-corrected chi connectivity index (χ2v) is 21.5. The predicted molar refractivity (Wildman–Crippen MR) is 236 cm³/mol. The number of rotatable bonds is 11. The van der Waals surface area contributed by atoms with Crippen LogP contribution in [0.5, 0.6) is 11.5 Å². The molecule has 4 amide bonds. The number of hydrogen-bond acceptors (Lipinski definition) is 10. The van der Waals surface area contributed by atoms with E-state index in [0.717, 1.165) is 4.90 Å². The number of ether oxygens (including phenoxy) is 2. The first kappa shape index (κ1) is 48.3. The van der Waals surface area contributed by atoms with E-state index in [0.29, 0.717) is 62.4 Å². The van der Waals surface area contributed by atoms with Crippen molar-refractivity contribution >= 4 is 33.8 Å². The Kier molecular flexibility index (Phi) is 13.1. The number of pyridine rings is 1. The third-order valence-electron chi connectivity index (χ3n) is 13.3. The molecule has 0 spiro atoms. The van der Waals surface area contributed by atoms with Gasteiger partial charge in [0.1, 0.15) is 40.8 Å². The SMILES string of the molecule is CC(C)Oc1ccc(-c2cc(O[C@@H]3C[C@H]4C(=O)N[C@]5(C(=O)NS(=O)(=O)C6(C)CC6)C[C@H]5/C=C\CC[C@H](C)C[C@@H](C)[C@H](N(C(=O)O)C(C)(C)C(F)(F)F)C(=O)N4C3)cc(-n3cccn3)n2)cc1. The number of amides is 4. The highest BCUT2D eigenvalue weighted by Gasteiger charge is 2.64. The minimum atomic E-state index is -5.11. The number of hydrogen-bond donors (Lipinski definition) is 3. The molecule has 0 unspecified atom stereocenters. The average molecular weight is 942 g/mol. The zero-order valence-corrected chi connectivity index (χ0v) is 38.9. The lowest BCUT2D eigenvalue weighted by atomic mass is 9.85. The maximum Gasteiger partial charge on any atom is 0.411 e. The van der Waals surface area contributed by atoms with Gasteiger partial charge in [0.05, 0.1) is 23.1 Å². The first-order valence-corrected chi connectivity index (χ1v) is 23.7.